The number of nitrogens with zero attached hydrogens (tertiary/aromatic N) is 2. The van der Waals surface area contributed by atoms with Crippen molar-refractivity contribution >= 4 is 29.0 Å². The number of aromatic nitrogens is 1. The van der Waals surface area contributed by atoms with Gasteiger partial charge in [0.1, 0.15) is 12.1 Å². The maximum atomic E-state index is 11.3. The molecule has 7 heteroatoms. The van der Waals surface area contributed by atoms with E-state index in [9.17, 15) is 9.59 Å². The van der Waals surface area contributed by atoms with Crippen LogP contribution in [0.15, 0.2) is 22.6 Å². The number of fused-ring (bicyclic) bond motifs is 1. The summed E-state index contributed by atoms with van der Waals surface area (Å²) < 4.78 is 5.52. The number of anilines is 1. The number of piperazine rings is 1. The Labute approximate surface area is 107 Å². The van der Waals surface area contributed by atoms with E-state index in [1.54, 1.807) is 11.0 Å². The van der Waals surface area contributed by atoms with Gasteiger partial charge in [-0.2, -0.15) is 4.98 Å². The number of amides is 1. The highest BCUT2D eigenvalue weighted by Gasteiger charge is 2.21. The fourth-order valence-electron chi connectivity index (χ4n) is 1.98. The van der Waals surface area contributed by atoms with E-state index in [4.69, 9.17) is 9.52 Å². The Morgan fingerprint density at radius 3 is 3.05 bits per heavy atom. The predicted octanol–water partition coefficient (Wildman–Crippen LogP) is 0.462. The van der Waals surface area contributed by atoms with Gasteiger partial charge in [-0.25, -0.2) is 4.79 Å². The minimum absolute atomic E-state index is 0.0836. The van der Waals surface area contributed by atoms with E-state index in [0.717, 1.165) is 0 Å². The van der Waals surface area contributed by atoms with Gasteiger partial charge < -0.3 is 19.7 Å². The molecule has 1 amide bonds. The average molecular weight is 261 g/mol. The molecule has 0 unspecified atom stereocenters. The molecule has 98 valence electrons. The van der Waals surface area contributed by atoms with Crippen molar-refractivity contribution in [2.75, 3.05) is 24.5 Å². The van der Waals surface area contributed by atoms with Crippen molar-refractivity contribution in [3.63, 3.8) is 0 Å². The molecule has 2 heterocycles. The van der Waals surface area contributed by atoms with Crippen LogP contribution in [0, 0.1) is 0 Å². The van der Waals surface area contributed by atoms with E-state index >= 15 is 0 Å². The van der Waals surface area contributed by atoms with Crippen LogP contribution in [0.2, 0.25) is 0 Å². The number of rotatable bonds is 2. The molecule has 0 spiro atoms. The van der Waals surface area contributed by atoms with Gasteiger partial charge in [-0.15, -0.1) is 0 Å². The molecule has 19 heavy (non-hydrogen) atoms. The summed E-state index contributed by atoms with van der Waals surface area (Å²) in [5, 5.41) is 11.6. The molecule has 1 aliphatic heterocycles. The molecule has 7 nitrogen and oxygen atoms in total. The van der Waals surface area contributed by atoms with Gasteiger partial charge in [0.05, 0.1) is 5.56 Å². The highest BCUT2D eigenvalue weighted by molar-refractivity contribution is 5.92. The van der Waals surface area contributed by atoms with Crippen molar-refractivity contribution in [1.82, 2.24) is 10.3 Å². The molecule has 1 saturated heterocycles. The van der Waals surface area contributed by atoms with Crippen molar-refractivity contribution < 1.29 is 19.1 Å². The highest BCUT2D eigenvalue weighted by Crippen LogP contribution is 2.23. The molecule has 3 rings (SSSR count). The molecular formula is C12H11N3O4. The normalized spacial score (nSPS) is 15.6. The van der Waals surface area contributed by atoms with E-state index in [1.807, 2.05) is 0 Å². The first-order chi connectivity index (χ1) is 9.13. The van der Waals surface area contributed by atoms with E-state index in [1.165, 1.54) is 12.1 Å². The second kappa shape index (κ2) is 4.27. The maximum absolute atomic E-state index is 11.3. The number of hydrogen-bond acceptors (Lipinski definition) is 5. The second-order valence-corrected chi connectivity index (χ2v) is 4.26. The molecule has 1 aromatic carbocycles. The summed E-state index contributed by atoms with van der Waals surface area (Å²) >= 11 is 0. The zero-order valence-corrected chi connectivity index (χ0v) is 9.92. The Balaban J connectivity index is 1.97. The third-order valence-electron chi connectivity index (χ3n) is 2.93. The average Bonchev–Trinajstić information content (AvgIpc) is 2.81. The summed E-state index contributed by atoms with van der Waals surface area (Å²) in [6.45, 7) is 1.35. The minimum atomic E-state index is -1.02. The van der Waals surface area contributed by atoms with Crippen molar-refractivity contribution in [2.45, 2.75) is 0 Å². The molecule has 2 aromatic rings. The fourth-order valence-corrected chi connectivity index (χ4v) is 1.98. The predicted molar refractivity (Wildman–Crippen MR) is 66.2 cm³/mol. The molecule has 0 bridgehead atoms. The summed E-state index contributed by atoms with van der Waals surface area (Å²) in [5.74, 6) is -1.10. The lowest BCUT2D eigenvalue weighted by Gasteiger charge is -2.24. The standard InChI is InChI=1S/C12H11N3O4/c16-10-6-15(4-3-13-10)12-14-8-2-1-7(11(17)18)5-9(8)19-12/h1-2,5H,3-4,6H2,(H,13,16)(H,17,18). The smallest absolute Gasteiger partial charge is 0.335 e. The van der Waals surface area contributed by atoms with Crippen LogP contribution in [0.1, 0.15) is 10.4 Å². The van der Waals surface area contributed by atoms with Crippen LogP contribution in [0.25, 0.3) is 11.1 Å². The third kappa shape index (κ3) is 2.10. The SMILES string of the molecule is O=C1CN(c2nc3ccc(C(=O)O)cc3o2)CCN1. The van der Waals surface area contributed by atoms with Gasteiger partial charge in [-0.1, -0.05) is 0 Å². The van der Waals surface area contributed by atoms with Crippen molar-refractivity contribution in [2.24, 2.45) is 0 Å². The van der Waals surface area contributed by atoms with Crippen LogP contribution in [0.5, 0.6) is 0 Å². The topological polar surface area (TPSA) is 95.7 Å². The third-order valence-corrected chi connectivity index (χ3v) is 2.93. The van der Waals surface area contributed by atoms with Gasteiger partial charge in [-0.3, -0.25) is 4.79 Å². The summed E-state index contributed by atoms with van der Waals surface area (Å²) in [6.07, 6.45) is 0. The molecular weight excluding hydrogens is 250 g/mol. The Hall–Kier alpha value is -2.57. The molecule has 0 aliphatic carbocycles. The van der Waals surface area contributed by atoms with Crippen molar-refractivity contribution in [3.05, 3.63) is 23.8 Å². The number of oxazole rings is 1. The number of carboxylic acids is 1. The largest absolute Gasteiger partial charge is 0.478 e. The van der Waals surface area contributed by atoms with Gasteiger partial charge >= 0.3 is 5.97 Å². The Bertz CT molecular complexity index is 664. The van der Waals surface area contributed by atoms with Gasteiger partial charge in [-0.05, 0) is 18.2 Å². The number of carboxylic acid groups (broad SMARTS) is 1. The molecule has 0 atom stereocenters. The van der Waals surface area contributed by atoms with Crippen molar-refractivity contribution in [3.8, 4) is 0 Å². The lowest BCUT2D eigenvalue weighted by molar-refractivity contribution is -0.120. The van der Waals surface area contributed by atoms with Crippen LogP contribution in [0.4, 0.5) is 6.01 Å². The van der Waals surface area contributed by atoms with E-state index in [2.05, 4.69) is 10.3 Å². The Morgan fingerprint density at radius 2 is 2.32 bits per heavy atom. The van der Waals surface area contributed by atoms with Gasteiger partial charge in [0.2, 0.25) is 5.91 Å². The van der Waals surface area contributed by atoms with Gasteiger partial charge in [0.25, 0.3) is 6.01 Å². The van der Waals surface area contributed by atoms with E-state index in [0.29, 0.717) is 30.2 Å². The first kappa shape index (κ1) is 11.5. The van der Waals surface area contributed by atoms with Crippen LogP contribution in [0.3, 0.4) is 0 Å². The zero-order chi connectivity index (χ0) is 13.4. The quantitative estimate of drug-likeness (QED) is 0.815. The van der Waals surface area contributed by atoms with Gasteiger partial charge in [0, 0.05) is 13.1 Å². The molecule has 1 aromatic heterocycles. The number of benzene rings is 1. The number of carbonyl (C=O) groups is 2. The number of hydrogen-bond donors (Lipinski definition) is 2. The Kier molecular flexibility index (Phi) is 2.59. The molecule has 1 fully saturated rings. The minimum Gasteiger partial charge on any atom is -0.478 e. The molecule has 2 N–H and O–H groups in total. The van der Waals surface area contributed by atoms with E-state index < -0.39 is 5.97 Å². The molecule has 0 saturated carbocycles. The lowest BCUT2D eigenvalue weighted by atomic mass is 10.2. The number of carbonyl (C=O) groups excluding carboxylic acids is 1. The Morgan fingerprint density at radius 1 is 1.47 bits per heavy atom. The summed E-state index contributed by atoms with van der Waals surface area (Å²) in [7, 11) is 0. The maximum Gasteiger partial charge on any atom is 0.335 e. The van der Waals surface area contributed by atoms with Gasteiger partial charge in [0.15, 0.2) is 5.58 Å². The number of nitrogens with one attached hydrogen (secondary N) is 1. The summed E-state index contributed by atoms with van der Waals surface area (Å²) in [4.78, 5) is 28.2. The van der Waals surface area contributed by atoms with Crippen LogP contribution < -0.4 is 10.2 Å². The summed E-state index contributed by atoms with van der Waals surface area (Å²) in [6, 6.07) is 4.83. The zero-order valence-electron chi connectivity index (χ0n) is 9.92. The van der Waals surface area contributed by atoms with E-state index in [-0.39, 0.29) is 18.0 Å². The molecule has 1 aliphatic rings. The van der Waals surface area contributed by atoms with Crippen LogP contribution >= 0.6 is 0 Å². The lowest BCUT2D eigenvalue weighted by Crippen LogP contribution is -2.47. The van der Waals surface area contributed by atoms with Crippen molar-refractivity contribution in [1.29, 1.82) is 0 Å². The fraction of sp³-hybridized carbons (Fsp3) is 0.250. The highest BCUT2D eigenvalue weighted by atomic mass is 16.4. The first-order valence-corrected chi connectivity index (χ1v) is 5.79. The van der Waals surface area contributed by atoms with Crippen LogP contribution in [-0.2, 0) is 4.79 Å². The second-order valence-electron chi connectivity index (χ2n) is 4.26. The number of aromatic carboxylic acids is 1. The first-order valence-electron chi connectivity index (χ1n) is 5.79. The van der Waals surface area contributed by atoms with Crippen LogP contribution in [-0.4, -0.2) is 41.6 Å². The monoisotopic (exact) mass is 261 g/mol. The molecule has 0 radical (unpaired) electrons. The summed E-state index contributed by atoms with van der Waals surface area (Å²) in [5.41, 5.74) is 1.12.